The maximum Gasteiger partial charge on any atom is 0.273 e. The molecule has 0 N–H and O–H groups in total. The first-order valence-corrected chi connectivity index (χ1v) is 8.36. The summed E-state index contributed by atoms with van der Waals surface area (Å²) in [5, 5.41) is 18.5. The highest BCUT2D eigenvalue weighted by Gasteiger charge is 2.10. The SMILES string of the molecule is Cc1cccc(/C=c2\sc(=C(C#N)C#N)n(-c3ccccc3)c2=O)c1. The lowest BCUT2D eigenvalue weighted by atomic mass is 10.1. The maximum atomic E-state index is 12.9. The van der Waals surface area contributed by atoms with Crippen molar-refractivity contribution < 1.29 is 0 Å². The molecular formula is C20H13N3OS. The molecule has 1 heterocycles. The van der Waals surface area contributed by atoms with Gasteiger partial charge in [-0.15, -0.1) is 11.3 Å². The van der Waals surface area contributed by atoms with Gasteiger partial charge in [0.15, 0.2) is 5.57 Å². The summed E-state index contributed by atoms with van der Waals surface area (Å²) >= 11 is 1.15. The molecule has 4 nitrogen and oxygen atoms in total. The minimum absolute atomic E-state index is 0.0742. The number of nitrogens with zero attached hydrogens (tertiary/aromatic N) is 3. The van der Waals surface area contributed by atoms with Crippen molar-refractivity contribution in [3.63, 3.8) is 0 Å². The topological polar surface area (TPSA) is 69.6 Å². The van der Waals surface area contributed by atoms with Crippen LogP contribution in [0.25, 0.3) is 17.3 Å². The van der Waals surface area contributed by atoms with Crippen LogP contribution < -0.4 is 14.8 Å². The average molecular weight is 343 g/mol. The molecule has 0 saturated heterocycles. The molecule has 3 rings (SSSR count). The van der Waals surface area contributed by atoms with E-state index in [0.717, 1.165) is 22.5 Å². The molecule has 0 aliphatic carbocycles. The van der Waals surface area contributed by atoms with E-state index in [1.54, 1.807) is 18.2 Å². The van der Waals surface area contributed by atoms with Crippen molar-refractivity contribution in [2.75, 3.05) is 0 Å². The summed E-state index contributed by atoms with van der Waals surface area (Å²) in [7, 11) is 0. The zero-order valence-electron chi connectivity index (χ0n) is 13.4. The third-order valence-electron chi connectivity index (χ3n) is 3.62. The molecule has 25 heavy (non-hydrogen) atoms. The first kappa shape index (κ1) is 16.4. The Bertz CT molecular complexity index is 1170. The fraction of sp³-hybridized carbons (Fsp3) is 0.0500. The molecule has 120 valence electrons. The molecule has 0 aliphatic rings. The largest absolute Gasteiger partial charge is 0.273 e. The van der Waals surface area contributed by atoms with Crippen LogP contribution in [-0.2, 0) is 0 Å². The summed E-state index contributed by atoms with van der Waals surface area (Å²) in [5.41, 5.74) is 2.31. The van der Waals surface area contributed by atoms with Gasteiger partial charge in [-0.2, -0.15) is 10.5 Å². The first-order chi connectivity index (χ1) is 12.1. The summed E-state index contributed by atoms with van der Waals surface area (Å²) in [6.45, 7) is 1.98. The number of thiazole rings is 1. The minimum Gasteiger partial charge on any atom is -0.267 e. The molecule has 1 aromatic heterocycles. The van der Waals surface area contributed by atoms with E-state index in [0.29, 0.717) is 14.9 Å². The van der Waals surface area contributed by atoms with Gasteiger partial charge in [-0.1, -0.05) is 48.0 Å². The average Bonchev–Trinajstić information content (AvgIpc) is 2.93. The third kappa shape index (κ3) is 3.28. The highest BCUT2D eigenvalue weighted by molar-refractivity contribution is 7.07. The normalized spacial score (nSPS) is 10.9. The number of nitriles is 2. The maximum absolute atomic E-state index is 12.9. The van der Waals surface area contributed by atoms with E-state index in [4.69, 9.17) is 0 Å². The van der Waals surface area contributed by atoms with Crippen molar-refractivity contribution in [2.24, 2.45) is 0 Å². The predicted molar refractivity (Wildman–Crippen MR) is 98.5 cm³/mol. The van der Waals surface area contributed by atoms with E-state index in [2.05, 4.69) is 0 Å². The second-order valence-corrected chi connectivity index (χ2v) is 6.44. The van der Waals surface area contributed by atoms with Crippen LogP contribution in [0.2, 0.25) is 0 Å². The van der Waals surface area contributed by atoms with Crippen LogP contribution in [-0.4, -0.2) is 4.57 Å². The predicted octanol–water partition coefficient (Wildman–Crippen LogP) is 2.23. The van der Waals surface area contributed by atoms with Crippen molar-refractivity contribution in [2.45, 2.75) is 6.92 Å². The van der Waals surface area contributed by atoms with Crippen molar-refractivity contribution in [1.29, 1.82) is 10.5 Å². The Balaban J connectivity index is 2.40. The lowest BCUT2D eigenvalue weighted by Crippen LogP contribution is -2.30. The van der Waals surface area contributed by atoms with Crippen LogP contribution in [0, 0.1) is 29.6 Å². The van der Waals surface area contributed by atoms with Gasteiger partial charge in [0.25, 0.3) is 5.56 Å². The van der Waals surface area contributed by atoms with Gasteiger partial charge in [-0.05, 0) is 30.7 Å². The fourth-order valence-electron chi connectivity index (χ4n) is 2.49. The summed E-state index contributed by atoms with van der Waals surface area (Å²) < 4.78 is 2.25. The highest BCUT2D eigenvalue weighted by Crippen LogP contribution is 2.05. The Morgan fingerprint density at radius 2 is 1.80 bits per heavy atom. The van der Waals surface area contributed by atoms with E-state index in [1.807, 2.05) is 61.5 Å². The van der Waals surface area contributed by atoms with Gasteiger partial charge >= 0.3 is 0 Å². The van der Waals surface area contributed by atoms with Crippen LogP contribution in [0.3, 0.4) is 0 Å². The number of aryl methyl sites for hydroxylation is 1. The van der Waals surface area contributed by atoms with Gasteiger partial charge in [0, 0.05) is 0 Å². The molecule has 3 aromatic rings. The van der Waals surface area contributed by atoms with Gasteiger partial charge in [0.05, 0.1) is 10.2 Å². The Morgan fingerprint density at radius 3 is 2.44 bits per heavy atom. The Hall–Kier alpha value is -3.41. The Labute approximate surface area is 148 Å². The molecule has 0 spiro atoms. The van der Waals surface area contributed by atoms with Gasteiger partial charge in [-0.25, -0.2) is 0 Å². The number of aromatic nitrogens is 1. The zero-order valence-corrected chi connectivity index (χ0v) is 14.2. The molecule has 0 amide bonds. The molecule has 0 aliphatic heterocycles. The molecule has 0 radical (unpaired) electrons. The molecule has 0 atom stereocenters. The van der Waals surface area contributed by atoms with Gasteiger partial charge < -0.3 is 0 Å². The number of benzene rings is 2. The lowest BCUT2D eigenvalue weighted by molar-refractivity contribution is 0.988. The number of para-hydroxylation sites is 1. The zero-order chi connectivity index (χ0) is 17.8. The molecule has 0 saturated carbocycles. The minimum atomic E-state index is -0.240. The van der Waals surface area contributed by atoms with Crippen LogP contribution in [0.15, 0.2) is 59.4 Å². The molecule has 0 fully saturated rings. The van der Waals surface area contributed by atoms with Crippen molar-refractivity contribution >= 4 is 23.0 Å². The van der Waals surface area contributed by atoms with Crippen molar-refractivity contribution in [3.05, 3.63) is 85.3 Å². The van der Waals surface area contributed by atoms with Crippen LogP contribution in [0.4, 0.5) is 0 Å². The van der Waals surface area contributed by atoms with E-state index >= 15 is 0 Å². The van der Waals surface area contributed by atoms with E-state index < -0.39 is 0 Å². The Kier molecular flexibility index (Phi) is 4.61. The quantitative estimate of drug-likeness (QED) is 0.716. The molecule has 0 unspecified atom stereocenters. The first-order valence-electron chi connectivity index (χ1n) is 7.54. The summed E-state index contributed by atoms with van der Waals surface area (Å²) in [6.07, 6.45) is 1.79. The summed E-state index contributed by atoms with van der Waals surface area (Å²) in [5.74, 6) is 0. The second kappa shape index (κ2) is 7.00. The Morgan fingerprint density at radius 1 is 1.08 bits per heavy atom. The summed E-state index contributed by atoms with van der Waals surface area (Å²) in [4.78, 5) is 12.9. The third-order valence-corrected chi connectivity index (χ3v) is 4.71. The second-order valence-electron chi connectivity index (χ2n) is 5.40. The monoisotopic (exact) mass is 343 g/mol. The number of hydrogen-bond donors (Lipinski definition) is 0. The van der Waals surface area contributed by atoms with E-state index in [1.165, 1.54) is 4.57 Å². The molecule has 0 bridgehead atoms. The number of hydrogen-bond acceptors (Lipinski definition) is 4. The number of rotatable bonds is 2. The van der Waals surface area contributed by atoms with E-state index in [9.17, 15) is 15.3 Å². The molecular weight excluding hydrogens is 330 g/mol. The standard InChI is InChI=1S/C20H13N3OS/c1-14-6-5-7-15(10-14)11-18-19(24)23(17-8-3-2-4-9-17)20(25-18)16(12-21)13-22/h2-11H,1H3/b18-11-. The van der Waals surface area contributed by atoms with Gasteiger partial charge in [0.1, 0.15) is 16.8 Å². The lowest BCUT2D eigenvalue weighted by Gasteiger charge is -2.00. The van der Waals surface area contributed by atoms with Crippen molar-refractivity contribution in [1.82, 2.24) is 4.57 Å². The van der Waals surface area contributed by atoms with Crippen LogP contribution >= 0.6 is 11.3 Å². The molecule has 5 heteroatoms. The molecule has 2 aromatic carbocycles. The van der Waals surface area contributed by atoms with Gasteiger partial charge in [0.2, 0.25) is 0 Å². The van der Waals surface area contributed by atoms with E-state index in [-0.39, 0.29) is 11.1 Å². The summed E-state index contributed by atoms with van der Waals surface area (Å²) in [6, 6.07) is 20.6. The van der Waals surface area contributed by atoms with Crippen LogP contribution in [0.1, 0.15) is 11.1 Å². The smallest absolute Gasteiger partial charge is 0.267 e. The fourth-order valence-corrected chi connectivity index (χ4v) is 3.55. The highest BCUT2D eigenvalue weighted by atomic mass is 32.1. The van der Waals surface area contributed by atoms with Gasteiger partial charge in [-0.3, -0.25) is 9.36 Å². The van der Waals surface area contributed by atoms with Crippen LogP contribution in [0.5, 0.6) is 0 Å². The van der Waals surface area contributed by atoms with Crippen molar-refractivity contribution in [3.8, 4) is 17.8 Å².